The van der Waals surface area contributed by atoms with Crippen molar-refractivity contribution in [1.29, 1.82) is 0 Å². The van der Waals surface area contributed by atoms with Crippen LogP contribution in [-0.2, 0) is 16.0 Å². The van der Waals surface area contributed by atoms with Crippen LogP contribution >= 0.6 is 12.4 Å². The van der Waals surface area contributed by atoms with Gasteiger partial charge in [-0.15, -0.1) is 12.4 Å². The molecule has 8 heteroatoms. The molecule has 7 nitrogen and oxygen atoms in total. The first-order valence-electron chi connectivity index (χ1n) is 8.02. The average Bonchev–Trinajstić information content (AvgIpc) is 2.54. The van der Waals surface area contributed by atoms with Crippen molar-refractivity contribution in [2.45, 2.75) is 32.1 Å². The molecular formula is C17H24ClN3O4. The van der Waals surface area contributed by atoms with Crippen molar-refractivity contribution >= 4 is 30.3 Å². The number of nitrogens with zero attached hydrogens (tertiary/aromatic N) is 1. The molecule has 0 bridgehead atoms. The van der Waals surface area contributed by atoms with Crippen LogP contribution in [0.3, 0.4) is 0 Å². The molecule has 1 saturated carbocycles. The van der Waals surface area contributed by atoms with E-state index in [2.05, 4.69) is 4.99 Å². The van der Waals surface area contributed by atoms with Crippen molar-refractivity contribution in [3.8, 4) is 5.75 Å². The van der Waals surface area contributed by atoms with Crippen molar-refractivity contribution in [2.24, 2.45) is 28.3 Å². The Morgan fingerprint density at radius 2 is 1.72 bits per heavy atom. The number of aliphatic imine (C=N–C) groups is 1. The summed E-state index contributed by atoms with van der Waals surface area (Å²) in [5.74, 6) is -0.288. The Morgan fingerprint density at radius 1 is 1.12 bits per heavy atom. The smallest absolute Gasteiger partial charge is 0.314 e. The van der Waals surface area contributed by atoms with Gasteiger partial charge in [0.2, 0.25) is 0 Å². The number of ether oxygens (including phenoxy) is 1. The number of carbonyl (C=O) groups excluding carboxylic acids is 1. The number of rotatable bonds is 6. The number of hydrogen-bond donors (Lipinski definition) is 3. The normalized spacial score (nSPS) is 19.4. The molecule has 2 rings (SSSR count). The SMILES string of the molecule is Cl.NC(N)=NCC1CCC(C(=O)Oc2ccc(CC(=O)O)cc2)CC1. The van der Waals surface area contributed by atoms with Crippen LogP contribution in [-0.4, -0.2) is 29.5 Å². The summed E-state index contributed by atoms with van der Waals surface area (Å²) in [5.41, 5.74) is 11.3. The van der Waals surface area contributed by atoms with E-state index in [1.54, 1.807) is 24.3 Å². The summed E-state index contributed by atoms with van der Waals surface area (Å²) in [6.45, 7) is 0.606. The lowest BCUT2D eigenvalue weighted by Gasteiger charge is -2.26. The largest absolute Gasteiger partial charge is 0.481 e. The van der Waals surface area contributed by atoms with Crippen LogP contribution in [0.1, 0.15) is 31.2 Å². The number of carboxylic acids is 1. The molecule has 1 aromatic rings. The molecule has 0 heterocycles. The molecule has 0 aliphatic heterocycles. The molecule has 0 amide bonds. The highest BCUT2D eigenvalue weighted by molar-refractivity contribution is 5.85. The van der Waals surface area contributed by atoms with Gasteiger partial charge >= 0.3 is 11.9 Å². The van der Waals surface area contributed by atoms with E-state index >= 15 is 0 Å². The van der Waals surface area contributed by atoms with Gasteiger partial charge in [-0.05, 0) is 49.3 Å². The summed E-state index contributed by atoms with van der Waals surface area (Å²) in [6.07, 6.45) is 3.28. The van der Waals surface area contributed by atoms with Gasteiger partial charge in [0.1, 0.15) is 5.75 Å². The third-order valence-electron chi connectivity index (χ3n) is 4.21. The molecule has 0 unspecified atom stereocenters. The molecule has 1 aromatic carbocycles. The summed E-state index contributed by atoms with van der Waals surface area (Å²) < 4.78 is 5.39. The molecule has 0 saturated heterocycles. The first-order valence-corrected chi connectivity index (χ1v) is 8.02. The highest BCUT2D eigenvalue weighted by atomic mass is 35.5. The standard InChI is InChI=1S/C17H23N3O4.ClH/c18-17(19)20-10-12-1-5-13(6-2-12)16(23)24-14-7-3-11(4-8-14)9-15(21)22;/h3-4,7-8,12-13H,1-2,5-6,9-10H2,(H,21,22)(H4,18,19,20);1H. The second-order valence-corrected chi connectivity index (χ2v) is 6.12. The zero-order valence-electron chi connectivity index (χ0n) is 13.9. The Labute approximate surface area is 152 Å². The van der Waals surface area contributed by atoms with E-state index in [4.69, 9.17) is 21.3 Å². The second kappa shape index (κ2) is 9.88. The number of nitrogens with two attached hydrogens (primary N) is 2. The summed E-state index contributed by atoms with van der Waals surface area (Å²) in [5, 5.41) is 8.73. The van der Waals surface area contributed by atoms with E-state index < -0.39 is 5.97 Å². The van der Waals surface area contributed by atoms with E-state index in [-0.39, 0.29) is 36.7 Å². The Bertz CT molecular complexity index is 607. The van der Waals surface area contributed by atoms with E-state index in [1.807, 2.05) is 0 Å². The summed E-state index contributed by atoms with van der Waals surface area (Å²) in [4.78, 5) is 26.9. The molecule has 138 valence electrons. The number of esters is 1. The topological polar surface area (TPSA) is 128 Å². The van der Waals surface area contributed by atoms with Gasteiger partial charge in [0.15, 0.2) is 5.96 Å². The highest BCUT2D eigenvalue weighted by Crippen LogP contribution is 2.30. The van der Waals surface area contributed by atoms with Crippen LogP contribution in [0.2, 0.25) is 0 Å². The molecule has 25 heavy (non-hydrogen) atoms. The molecule has 1 aliphatic rings. The van der Waals surface area contributed by atoms with Crippen molar-refractivity contribution < 1.29 is 19.4 Å². The lowest BCUT2D eigenvalue weighted by atomic mass is 9.82. The second-order valence-electron chi connectivity index (χ2n) is 6.12. The minimum absolute atomic E-state index is 0. The summed E-state index contributed by atoms with van der Waals surface area (Å²) >= 11 is 0. The number of guanidine groups is 1. The van der Waals surface area contributed by atoms with Gasteiger partial charge in [-0.2, -0.15) is 0 Å². The first-order chi connectivity index (χ1) is 11.4. The number of benzene rings is 1. The van der Waals surface area contributed by atoms with Gasteiger partial charge in [0.25, 0.3) is 0 Å². The number of carbonyl (C=O) groups is 2. The van der Waals surface area contributed by atoms with Crippen LogP contribution < -0.4 is 16.2 Å². The maximum Gasteiger partial charge on any atom is 0.314 e. The maximum atomic E-state index is 12.2. The lowest BCUT2D eigenvalue weighted by molar-refractivity contribution is -0.140. The fourth-order valence-corrected chi connectivity index (χ4v) is 2.86. The molecule has 5 N–H and O–H groups in total. The molecule has 1 fully saturated rings. The van der Waals surface area contributed by atoms with Crippen molar-refractivity contribution in [3.05, 3.63) is 29.8 Å². The van der Waals surface area contributed by atoms with Gasteiger partial charge < -0.3 is 21.3 Å². The van der Waals surface area contributed by atoms with Crippen LogP contribution in [0, 0.1) is 11.8 Å². The average molecular weight is 370 g/mol. The van der Waals surface area contributed by atoms with Gasteiger partial charge in [-0.1, -0.05) is 12.1 Å². The molecule has 0 radical (unpaired) electrons. The highest BCUT2D eigenvalue weighted by Gasteiger charge is 2.27. The quantitative estimate of drug-likeness (QED) is 0.303. The molecule has 0 aromatic heterocycles. The van der Waals surface area contributed by atoms with Gasteiger partial charge in [-0.3, -0.25) is 14.6 Å². The van der Waals surface area contributed by atoms with Crippen LogP contribution in [0.25, 0.3) is 0 Å². The lowest BCUT2D eigenvalue weighted by Crippen LogP contribution is -2.28. The first kappa shape index (κ1) is 20.8. The fourth-order valence-electron chi connectivity index (χ4n) is 2.86. The summed E-state index contributed by atoms with van der Waals surface area (Å²) in [7, 11) is 0. The maximum absolute atomic E-state index is 12.2. The Hall–Kier alpha value is -2.28. The third kappa shape index (κ3) is 7.01. The van der Waals surface area contributed by atoms with Crippen LogP contribution in [0.5, 0.6) is 5.75 Å². The molecule has 1 aliphatic carbocycles. The predicted octanol–water partition coefficient (Wildman–Crippen LogP) is 1.72. The fraction of sp³-hybridized carbons (Fsp3) is 0.471. The Balaban J connectivity index is 0.00000312. The molecule has 0 atom stereocenters. The zero-order valence-corrected chi connectivity index (χ0v) is 14.7. The number of hydrogen-bond acceptors (Lipinski definition) is 4. The van der Waals surface area contributed by atoms with Crippen molar-refractivity contribution in [1.82, 2.24) is 0 Å². The van der Waals surface area contributed by atoms with E-state index in [1.165, 1.54) is 0 Å². The minimum Gasteiger partial charge on any atom is -0.481 e. The van der Waals surface area contributed by atoms with Crippen molar-refractivity contribution in [2.75, 3.05) is 6.54 Å². The number of aliphatic carboxylic acids is 1. The van der Waals surface area contributed by atoms with Crippen LogP contribution in [0.4, 0.5) is 0 Å². The van der Waals surface area contributed by atoms with Crippen molar-refractivity contribution in [3.63, 3.8) is 0 Å². The Morgan fingerprint density at radius 3 is 2.24 bits per heavy atom. The number of carboxylic acid groups (broad SMARTS) is 1. The number of halogens is 1. The monoisotopic (exact) mass is 369 g/mol. The van der Waals surface area contributed by atoms with E-state index in [0.29, 0.717) is 23.8 Å². The van der Waals surface area contributed by atoms with Crippen LogP contribution in [0.15, 0.2) is 29.3 Å². The summed E-state index contributed by atoms with van der Waals surface area (Å²) in [6, 6.07) is 6.56. The zero-order chi connectivity index (χ0) is 17.5. The van der Waals surface area contributed by atoms with Gasteiger partial charge in [0, 0.05) is 6.54 Å². The van der Waals surface area contributed by atoms with Gasteiger partial charge in [0.05, 0.1) is 12.3 Å². The van der Waals surface area contributed by atoms with E-state index in [0.717, 1.165) is 25.7 Å². The third-order valence-corrected chi connectivity index (χ3v) is 4.21. The van der Waals surface area contributed by atoms with E-state index in [9.17, 15) is 9.59 Å². The molecule has 0 spiro atoms. The predicted molar refractivity (Wildman–Crippen MR) is 96.8 cm³/mol. The minimum atomic E-state index is -0.891. The Kier molecular flexibility index (Phi) is 8.21. The van der Waals surface area contributed by atoms with Gasteiger partial charge in [-0.25, -0.2) is 0 Å². The molecular weight excluding hydrogens is 346 g/mol.